The number of nitrogens with one attached hydrogen (secondary N) is 1. The molecule has 2 heterocycles. The van der Waals surface area contributed by atoms with Crippen LogP contribution in [0.3, 0.4) is 0 Å². The molecule has 6 nitrogen and oxygen atoms in total. The normalized spacial score (nSPS) is 11.8. The highest BCUT2D eigenvalue weighted by Crippen LogP contribution is 2.25. The molecule has 0 aliphatic carbocycles. The van der Waals surface area contributed by atoms with Gasteiger partial charge in [-0.05, 0) is 49.7 Å². The predicted octanol–water partition coefficient (Wildman–Crippen LogP) is 3.27. The smallest absolute Gasteiger partial charge is 0.340 e. The zero-order valence-corrected chi connectivity index (χ0v) is 18.0. The highest BCUT2D eigenvalue weighted by molar-refractivity contribution is 7.12. The van der Waals surface area contributed by atoms with Crippen LogP contribution >= 0.6 is 22.7 Å². The van der Waals surface area contributed by atoms with Gasteiger partial charge in [-0.15, -0.1) is 22.7 Å². The average molecular weight is 421 g/mol. The average Bonchev–Trinajstić information content (AvgIpc) is 3.28. The first-order valence-corrected chi connectivity index (χ1v) is 10.4. The Balaban J connectivity index is 1.97. The zero-order chi connectivity index (χ0) is 20.7. The number of carbonyl (C=O) groups is 3. The van der Waals surface area contributed by atoms with E-state index in [4.69, 9.17) is 4.74 Å². The second-order valence-electron chi connectivity index (χ2n) is 7.17. The van der Waals surface area contributed by atoms with Gasteiger partial charge in [-0.3, -0.25) is 9.59 Å². The first kappa shape index (κ1) is 21.8. The van der Waals surface area contributed by atoms with Gasteiger partial charge in [0.05, 0.1) is 12.1 Å². The molecule has 0 unspecified atom stereocenters. The van der Waals surface area contributed by atoms with E-state index in [1.54, 1.807) is 6.08 Å². The van der Waals surface area contributed by atoms with Crippen LogP contribution in [0.25, 0.3) is 11.6 Å². The van der Waals surface area contributed by atoms with Gasteiger partial charge < -0.3 is 15.0 Å². The van der Waals surface area contributed by atoms with E-state index in [0.717, 1.165) is 9.75 Å². The quantitative estimate of drug-likeness (QED) is 0.551. The molecule has 0 fully saturated rings. The van der Waals surface area contributed by atoms with Gasteiger partial charge in [0.15, 0.2) is 6.61 Å². The van der Waals surface area contributed by atoms with Crippen molar-refractivity contribution >= 4 is 52.1 Å². The number of rotatable bonds is 7. The van der Waals surface area contributed by atoms with Crippen LogP contribution in [0.15, 0.2) is 35.0 Å². The summed E-state index contributed by atoms with van der Waals surface area (Å²) in [7, 11) is 1.50. The monoisotopic (exact) mass is 420 g/mol. The molecule has 0 aromatic carbocycles. The second kappa shape index (κ2) is 9.66. The van der Waals surface area contributed by atoms with Crippen LogP contribution in [0.4, 0.5) is 0 Å². The van der Waals surface area contributed by atoms with Gasteiger partial charge >= 0.3 is 5.97 Å². The maximum absolute atomic E-state index is 12.6. The largest absolute Gasteiger partial charge is 0.452 e. The minimum absolute atomic E-state index is 0.101. The number of amides is 2. The highest BCUT2D eigenvalue weighted by Gasteiger charge is 2.20. The van der Waals surface area contributed by atoms with E-state index in [1.807, 2.05) is 55.8 Å². The fourth-order valence-corrected chi connectivity index (χ4v) is 3.64. The lowest BCUT2D eigenvalue weighted by atomic mass is 10.1. The van der Waals surface area contributed by atoms with Gasteiger partial charge in [0.2, 0.25) is 5.91 Å². The fourth-order valence-electron chi connectivity index (χ4n) is 2.25. The Labute approximate surface area is 172 Å². The van der Waals surface area contributed by atoms with E-state index in [2.05, 4.69) is 5.32 Å². The molecular weight excluding hydrogens is 396 g/mol. The zero-order valence-electron chi connectivity index (χ0n) is 16.4. The molecule has 0 saturated carbocycles. The topological polar surface area (TPSA) is 75.7 Å². The summed E-state index contributed by atoms with van der Waals surface area (Å²) in [6.45, 7) is 5.06. The molecule has 0 aliphatic rings. The molecule has 0 atom stereocenters. The Hall–Kier alpha value is -2.45. The first-order chi connectivity index (χ1) is 13.2. The summed E-state index contributed by atoms with van der Waals surface area (Å²) in [5.74, 6) is -1.29. The highest BCUT2D eigenvalue weighted by atomic mass is 32.1. The fraction of sp³-hybridized carbons (Fsp3) is 0.350. The molecule has 0 saturated heterocycles. The lowest BCUT2D eigenvalue weighted by Gasteiger charge is -2.23. The molecule has 0 spiro atoms. The predicted molar refractivity (Wildman–Crippen MR) is 113 cm³/mol. The summed E-state index contributed by atoms with van der Waals surface area (Å²) in [4.78, 5) is 39.7. The number of ether oxygens (including phenoxy) is 1. The molecular formula is C20H24N2O4S2. The minimum Gasteiger partial charge on any atom is -0.452 e. The first-order valence-electron chi connectivity index (χ1n) is 8.67. The summed E-state index contributed by atoms with van der Waals surface area (Å²) in [6.07, 6.45) is 1.75. The van der Waals surface area contributed by atoms with Crippen LogP contribution in [0.2, 0.25) is 0 Å². The summed E-state index contributed by atoms with van der Waals surface area (Å²) in [6, 6.07) is 7.48. The molecule has 0 radical (unpaired) electrons. The van der Waals surface area contributed by atoms with E-state index in [9.17, 15) is 14.4 Å². The standard InChI is InChI=1S/C20H24N2O4S2/c1-20(2,3)21-17(23)12-22(4)18(24)13-26-19(25)15(16-8-6-10-28-16)11-14-7-5-9-27-14/h5-11H,12-13H2,1-4H3,(H,21,23)/b15-11+. The second-order valence-corrected chi connectivity index (χ2v) is 9.10. The van der Waals surface area contributed by atoms with E-state index in [-0.39, 0.29) is 18.0 Å². The molecule has 1 N–H and O–H groups in total. The summed E-state index contributed by atoms with van der Waals surface area (Å²) in [5, 5.41) is 6.58. The van der Waals surface area contributed by atoms with Crippen molar-refractivity contribution in [1.82, 2.24) is 10.2 Å². The van der Waals surface area contributed by atoms with Crippen LogP contribution in [0.5, 0.6) is 0 Å². The Morgan fingerprint density at radius 2 is 1.82 bits per heavy atom. The molecule has 0 bridgehead atoms. The van der Waals surface area contributed by atoms with E-state index in [0.29, 0.717) is 5.57 Å². The van der Waals surface area contributed by atoms with E-state index in [1.165, 1.54) is 34.6 Å². The molecule has 2 aromatic rings. The van der Waals surface area contributed by atoms with Crippen molar-refractivity contribution < 1.29 is 19.1 Å². The van der Waals surface area contributed by atoms with Crippen LogP contribution in [-0.2, 0) is 19.1 Å². The van der Waals surface area contributed by atoms with Gasteiger partial charge in [-0.1, -0.05) is 12.1 Å². The summed E-state index contributed by atoms with van der Waals surface area (Å²) >= 11 is 2.93. The van der Waals surface area contributed by atoms with Crippen molar-refractivity contribution in [2.45, 2.75) is 26.3 Å². The van der Waals surface area contributed by atoms with Crippen LogP contribution in [0.1, 0.15) is 30.5 Å². The third-order valence-corrected chi connectivity index (χ3v) is 5.21. The summed E-state index contributed by atoms with van der Waals surface area (Å²) in [5.41, 5.74) is 0.0219. The number of nitrogens with zero attached hydrogens (tertiary/aromatic N) is 1. The van der Waals surface area contributed by atoms with Gasteiger partial charge in [0.1, 0.15) is 0 Å². The van der Waals surface area contributed by atoms with Crippen LogP contribution < -0.4 is 5.32 Å². The Morgan fingerprint density at radius 3 is 2.39 bits per heavy atom. The number of likely N-dealkylation sites (N-methyl/N-ethyl adjacent to an activating group) is 1. The molecule has 8 heteroatoms. The van der Waals surface area contributed by atoms with Crippen LogP contribution in [0, 0.1) is 0 Å². The third-order valence-electron chi connectivity index (χ3n) is 3.48. The number of esters is 1. The van der Waals surface area contributed by atoms with Crippen molar-refractivity contribution in [3.8, 4) is 0 Å². The van der Waals surface area contributed by atoms with Crippen molar-refractivity contribution in [3.05, 3.63) is 44.8 Å². The third kappa shape index (κ3) is 6.94. The van der Waals surface area contributed by atoms with E-state index < -0.39 is 18.5 Å². The Morgan fingerprint density at radius 1 is 1.14 bits per heavy atom. The number of hydrogen-bond acceptors (Lipinski definition) is 6. The number of thiophene rings is 2. The Bertz CT molecular complexity index is 834. The number of carbonyl (C=O) groups excluding carboxylic acids is 3. The Kier molecular flexibility index (Phi) is 7.53. The van der Waals surface area contributed by atoms with Crippen molar-refractivity contribution in [1.29, 1.82) is 0 Å². The lowest BCUT2D eigenvalue weighted by Crippen LogP contribution is -2.46. The van der Waals surface area contributed by atoms with Crippen molar-refractivity contribution in [3.63, 3.8) is 0 Å². The minimum atomic E-state index is -0.572. The lowest BCUT2D eigenvalue weighted by molar-refractivity contribution is -0.147. The van der Waals surface area contributed by atoms with Crippen molar-refractivity contribution in [2.24, 2.45) is 0 Å². The maximum Gasteiger partial charge on any atom is 0.340 e. The number of hydrogen-bond donors (Lipinski definition) is 1. The maximum atomic E-state index is 12.6. The van der Waals surface area contributed by atoms with Crippen molar-refractivity contribution in [2.75, 3.05) is 20.2 Å². The molecule has 2 amide bonds. The SMILES string of the molecule is CN(CC(=O)NC(C)(C)C)C(=O)COC(=O)/C(=C/c1cccs1)c1cccs1. The molecule has 2 aromatic heterocycles. The molecule has 150 valence electrons. The molecule has 2 rings (SSSR count). The molecule has 28 heavy (non-hydrogen) atoms. The molecule has 0 aliphatic heterocycles. The van der Waals surface area contributed by atoms with Gasteiger partial charge in [0.25, 0.3) is 5.91 Å². The van der Waals surface area contributed by atoms with Gasteiger partial charge in [0, 0.05) is 22.3 Å². The summed E-state index contributed by atoms with van der Waals surface area (Å²) < 4.78 is 5.22. The van der Waals surface area contributed by atoms with Gasteiger partial charge in [-0.25, -0.2) is 4.79 Å². The van der Waals surface area contributed by atoms with Gasteiger partial charge in [-0.2, -0.15) is 0 Å². The van der Waals surface area contributed by atoms with Crippen LogP contribution in [-0.4, -0.2) is 48.4 Å². The van der Waals surface area contributed by atoms with E-state index >= 15 is 0 Å².